The molecular formula is C17H18N4O2S2. The summed E-state index contributed by atoms with van der Waals surface area (Å²) in [5.74, 6) is 0.0355. The number of thiophene rings is 1. The van der Waals surface area contributed by atoms with Crippen LogP contribution in [0, 0.1) is 0 Å². The molecule has 0 radical (unpaired) electrons. The van der Waals surface area contributed by atoms with Crippen molar-refractivity contribution in [3.8, 4) is 0 Å². The van der Waals surface area contributed by atoms with Gasteiger partial charge in [-0.15, -0.1) is 11.3 Å². The fourth-order valence-corrected chi connectivity index (χ4v) is 4.27. The molecule has 0 unspecified atom stereocenters. The summed E-state index contributed by atoms with van der Waals surface area (Å²) in [6.45, 7) is 3.50. The third-order valence-electron chi connectivity index (χ3n) is 4.46. The first-order chi connectivity index (χ1) is 12.2. The lowest BCUT2D eigenvalue weighted by molar-refractivity contribution is 0.0533. The van der Waals surface area contributed by atoms with Crippen molar-refractivity contribution in [2.75, 3.05) is 32.7 Å². The number of piperazine rings is 1. The Morgan fingerprint density at radius 2 is 1.96 bits per heavy atom. The monoisotopic (exact) mass is 374 g/mol. The van der Waals surface area contributed by atoms with Crippen LogP contribution in [0.4, 0.5) is 0 Å². The van der Waals surface area contributed by atoms with Crippen LogP contribution in [0.5, 0.6) is 0 Å². The van der Waals surface area contributed by atoms with Crippen molar-refractivity contribution in [2.45, 2.75) is 6.10 Å². The number of hydrogen-bond acceptors (Lipinski definition) is 7. The molecule has 25 heavy (non-hydrogen) atoms. The van der Waals surface area contributed by atoms with Gasteiger partial charge < -0.3 is 10.0 Å². The van der Waals surface area contributed by atoms with Gasteiger partial charge >= 0.3 is 0 Å². The summed E-state index contributed by atoms with van der Waals surface area (Å²) in [7, 11) is 0. The molecule has 0 bridgehead atoms. The Labute approximate surface area is 153 Å². The minimum Gasteiger partial charge on any atom is -0.386 e. The van der Waals surface area contributed by atoms with E-state index in [1.165, 1.54) is 0 Å². The maximum atomic E-state index is 12.7. The Morgan fingerprint density at radius 1 is 1.16 bits per heavy atom. The highest BCUT2D eigenvalue weighted by Crippen LogP contribution is 2.21. The van der Waals surface area contributed by atoms with Gasteiger partial charge in [-0.3, -0.25) is 9.69 Å². The zero-order valence-corrected chi connectivity index (χ0v) is 15.2. The van der Waals surface area contributed by atoms with Crippen LogP contribution >= 0.6 is 23.1 Å². The van der Waals surface area contributed by atoms with Crippen LogP contribution < -0.4 is 0 Å². The third kappa shape index (κ3) is 3.57. The van der Waals surface area contributed by atoms with E-state index in [1.807, 2.05) is 40.6 Å². The molecule has 0 saturated carbocycles. The molecule has 3 aromatic rings. The van der Waals surface area contributed by atoms with Crippen LogP contribution in [0.15, 0.2) is 35.7 Å². The molecule has 1 saturated heterocycles. The average Bonchev–Trinajstić information content (AvgIpc) is 3.32. The van der Waals surface area contributed by atoms with E-state index in [0.29, 0.717) is 25.2 Å². The summed E-state index contributed by atoms with van der Waals surface area (Å²) in [5.41, 5.74) is 2.26. The molecule has 1 N–H and O–H groups in total. The molecule has 3 heterocycles. The van der Waals surface area contributed by atoms with Crippen molar-refractivity contribution in [1.82, 2.24) is 18.5 Å². The number of rotatable bonds is 4. The standard InChI is InChI=1S/C17H18N4O2S2/c22-15(16-2-1-9-24-16)11-20-5-7-21(8-6-20)17(23)12-3-4-13-14(10-12)19-25-18-13/h1-4,9-10,15,22H,5-8,11H2/t15-/m1/s1. The Morgan fingerprint density at radius 3 is 2.72 bits per heavy atom. The first kappa shape index (κ1) is 16.6. The quantitative estimate of drug-likeness (QED) is 0.758. The highest BCUT2D eigenvalue weighted by molar-refractivity contribution is 7.10. The van der Waals surface area contributed by atoms with Gasteiger partial charge in [-0.05, 0) is 29.6 Å². The van der Waals surface area contributed by atoms with E-state index in [-0.39, 0.29) is 5.91 Å². The van der Waals surface area contributed by atoms with Crippen molar-refractivity contribution in [3.63, 3.8) is 0 Å². The van der Waals surface area contributed by atoms with Crippen LogP contribution in [-0.2, 0) is 0 Å². The first-order valence-electron chi connectivity index (χ1n) is 8.16. The molecule has 1 aliphatic rings. The highest BCUT2D eigenvalue weighted by atomic mass is 32.1. The van der Waals surface area contributed by atoms with Gasteiger partial charge in [-0.25, -0.2) is 0 Å². The summed E-state index contributed by atoms with van der Waals surface area (Å²) < 4.78 is 8.37. The van der Waals surface area contributed by atoms with E-state index >= 15 is 0 Å². The lowest BCUT2D eigenvalue weighted by Crippen LogP contribution is -2.49. The fraction of sp³-hybridized carbons (Fsp3) is 0.353. The number of aromatic nitrogens is 2. The number of nitrogens with zero attached hydrogens (tertiary/aromatic N) is 4. The molecular weight excluding hydrogens is 356 g/mol. The second kappa shape index (κ2) is 7.17. The molecule has 1 amide bonds. The molecule has 1 fully saturated rings. The van der Waals surface area contributed by atoms with Gasteiger partial charge in [-0.1, -0.05) is 6.07 Å². The summed E-state index contributed by atoms with van der Waals surface area (Å²) in [6.07, 6.45) is -0.457. The third-order valence-corrected chi connectivity index (χ3v) is 5.99. The van der Waals surface area contributed by atoms with Gasteiger partial charge in [0, 0.05) is 43.2 Å². The lowest BCUT2D eigenvalue weighted by atomic mass is 10.1. The zero-order valence-electron chi connectivity index (χ0n) is 13.5. The molecule has 2 aromatic heterocycles. The zero-order chi connectivity index (χ0) is 17.2. The molecule has 0 aliphatic carbocycles. The molecule has 1 atom stereocenters. The topological polar surface area (TPSA) is 69.6 Å². The van der Waals surface area contributed by atoms with Crippen LogP contribution in [0.1, 0.15) is 21.3 Å². The number of amides is 1. The molecule has 130 valence electrons. The Kier molecular flexibility index (Phi) is 4.76. The molecule has 0 spiro atoms. The van der Waals surface area contributed by atoms with Gasteiger partial charge in [0.2, 0.25) is 0 Å². The fourth-order valence-electron chi connectivity index (χ4n) is 3.05. The first-order valence-corrected chi connectivity index (χ1v) is 9.77. The van der Waals surface area contributed by atoms with Crippen molar-refractivity contribution in [2.24, 2.45) is 0 Å². The van der Waals surface area contributed by atoms with Gasteiger partial charge in [0.05, 0.1) is 11.7 Å². The maximum Gasteiger partial charge on any atom is 0.254 e. The predicted octanol–water partition coefficient (Wildman–Crippen LogP) is 2.24. The van der Waals surface area contributed by atoms with Crippen molar-refractivity contribution < 1.29 is 9.90 Å². The van der Waals surface area contributed by atoms with E-state index < -0.39 is 6.10 Å². The van der Waals surface area contributed by atoms with Gasteiger partial charge in [0.15, 0.2) is 0 Å². The van der Waals surface area contributed by atoms with E-state index in [0.717, 1.165) is 40.7 Å². The normalized spacial score (nSPS) is 17.1. The van der Waals surface area contributed by atoms with E-state index in [1.54, 1.807) is 11.3 Å². The average molecular weight is 374 g/mol. The van der Waals surface area contributed by atoms with Crippen molar-refractivity contribution >= 4 is 40.0 Å². The SMILES string of the molecule is O=C(c1ccc2nsnc2c1)N1CCN(C[C@@H](O)c2cccs2)CC1. The minimum atomic E-state index is -0.457. The van der Waals surface area contributed by atoms with E-state index in [9.17, 15) is 9.90 Å². The van der Waals surface area contributed by atoms with E-state index in [2.05, 4.69) is 13.6 Å². The second-order valence-electron chi connectivity index (χ2n) is 6.09. The predicted molar refractivity (Wildman–Crippen MR) is 99.0 cm³/mol. The number of aliphatic hydroxyl groups is 1. The minimum absolute atomic E-state index is 0.0355. The number of hydrogen-bond donors (Lipinski definition) is 1. The van der Waals surface area contributed by atoms with Gasteiger partial charge in [0.25, 0.3) is 5.91 Å². The number of carbonyl (C=O) groups is 1. The van der Waals surface area contributed by atoms with E-state index in [4.69, 9.17) is 0 Å². The number of β-amino-alcohol motifs (C(OH)–C–C–N with tert-alkyl or cyclic N) is 1. The van der Waals surface area contributed by atoms with Crippen molar-refractivity contribution in [1.29, 1.82) is 0 Å². The highest BCUT2D eigenvalue weighted by Gasteiger charge is 2.24. The number of benzene rings is 1. The van der Waals surface area contributed by atoms with Crippen LogP contribution in [0.3, 0.4) is 0 Å². The Bertz CT molecular complexity index is 857. The molecule has 4 rings (SSSR count). The molecule has 8 heteroatoms. The largest absolute Gasteiger partial charge is 0.386 e. The summed E-state index contributed by atoms with van der Waals surface area (Å²) in [4.78, 5) is 17.8. The second-order valence-corrected chi connectivity index (χ2v) is 7.60. The number of aliphatic hydroxyl groups excluding tert-OH is 1. The van der Waals surface area contributed by atoms with Crippen LogP contribution in [-0.4, -0.2) is 62.3 Å². The summed E-state index contributed by atoms with van der Waals surface area (Å²) in [5, 5.41) is 12.2. The number of carbonyl (C=O) groups excluding carboxylic acids is 1. The van der Waals surface area contributed by atoms with Gasteiger partial charge in [0.1, 0.15) is 17.1 Å². The molecule has 1 aliphatic heterocycles. The summed E-state index contributed by atoms with van der Waals surface area (Å²) >= 11 is 2.73. The smallest absolute Gasteiger partial charge is 0.254 e. The lowest BCUT2D eigenvalue weighted by Gasteiger charge is -2.35. The molecule has 6 nitrogen and oxygen atoms in total. The van der Waals surface area contributed by atoms with Crippen LogP contribution in [0.25, 0.3) is 11.0 Å². The summed E-state index contributed by atoms with van der Waals surface area (Å²) in [6, 6.07) is 9.39. The maximum absolute atomic E-state index is 12.7. The Balaban J connectivity index is 1.35. The molecule has 1 aromatic carbocycles. The van der Waals surface area contributed by atoms with Crippen molar-refractivity contribution in [3.05, 3.63) is 46.2 Å². The number of fused-ring (bicyclic) bond motifs is 1. The van der Waals surface area contributed by atoms with Crippen LogP contribution in [0.2, 0.25) is 0 Å². The Hall–Kier alpha value is -1.87. The van der Waals surface area contributed by atoms with Gasteiger partial charge in [-0.2, -0.15) is 8.75 Å².